The Kier molecular flexibility index (Phi) is 5.06. The molecular formula is C20H22O5. The Bertz CT molecular complexity index is 792. The van der Waals surface area contributed by atoms with Gasteiger partial charge in [0, 0.05) is 12.7 Å². The van der Waals surface area contributed by atoms with Crippen molar-refractivity contribution in [2.45, 2.75) is 6.92 Å². The second-order valence-corrected chi connectivity index (χ2v) is 6.56. The number of fused-ring (bicyclic) bond motifs is 1. The highest BCUT2D eigenvalue weighted by Gasteiger charge is 2.39. The van der Waals surface area contributed by atoms with Crippen molar-refractivity contribution >= 4 is 16.7 Å². The predicted octanol–water partition coefficient (Wildman–Crippen LogP) is 3.36. The summed E-state index contributed by atoms with van der Waals surface area (Å²) in [5.74, 6) is 0.867. The molecule has 2 aromatic rings. The van der Waals surface area contributed by atoms with Crippen LogP contribution in [0.25, 0.3) is 10.8 Å². The molecule has 0 radical (unpaired) electrons. The third-order valence-corrected chi connectivity index (χ3v) is 4.15. The molecular weight excluding hydrogens is 320 g/mol. The molecule has 0 bridgehead atoms. The average molecular weight is 342 g/mol. The van der Waals surface area contributed by atoms with Crippen LogP contribution in [-0.2, 0) is 14.3 Å². The molecule has 0 amide bonds. The molecule has 0 saturated carbocycles. The van der Waals surface area contributed by atoms with E-state index in [0.717, 1.165) is 16.5 Å². The zero-order valence-electron chi connectivity index (χ0n) is 14.5. The fourth-order valence-electron chi connectivity index (χ4n) is 2.69. The monoisotopic (exact) mass is 342 g/mol. The van der Waals surface area contributed by atoms with Crippen LogP contribution in [0.1, 0.15) is 6.92 Å². The summed E-state index contributed by atoms with van der Waals surface area (Å²) < 4.78 is 21.8. The fourth-order valence-corrected chi connectivity index (χ4v) is 2.69. The van der Waals surface area contributed by atoms with Gasteiger partial charge in [-0.15, -0.1) is 0 Å². The molecule has 1 aliphatic heterocycles. The minimum Gasteiger partial charge on any atom is -0.493 e. The van der Waals surface area contributed by atoms with E-state index in [9.17, 15) is 4.79 Å². The first-order valence-corrected chi connectivity index (χ1v) is 8.12. The van der Waals surface area contributed by atoms with Gasteiger partial charge in [0.05, 0.1) is 25.2 Å². The Morgan fingerprint density at radius 2 is 1.76 bits per heavy atom. The molecule has 0 aromatic heterocycles. The van der Waals surface area contributed by atoms with Crippen molar-refractivity contribution in [3.63, 3.8) is 0 Å². The van der Waals surface area contributed by atoms with Gasteiger partial charge in [-0.1, -0.05) is 18.7 Å². The highest BCUT2D eigenvalue weighted by molar-refractivity contribution is 5.90. The summed E-state index contributed by atoms with van der Waals surface area (Å²) in [6.07, 6.45) is 0. The number of carbonyl (C=O) groups is 1. The van der Waals surface area contributed by atoms with Crippen LogP contribution in [0.15, 0.2) is 48.6 Å². The quantitative estimate of drug-likeness (QED) is 0.439. The largest absolute Gasteiger partial charge is 0.493 e. The van der Waals surface area contributed by atoms with Crippen LogP contribution in [0.4, 0.5) is 0 Å². The number of benzene rings is 2. The predicted molar refractivity (Wildman–Crippen MR) is 95.0 cm³/mol. The Hall–Kier alpha value is -2.37. The molecule has 5 heteroatoms. The molecule has 0 spiro atoms. The Morgan fingerprint density at radius 1 is 1.12 bits per heavy atom. The van der Waals surface area contributed by atoms with E-state index >= 15 is 0 Å². The van der Waals surface area contributed by atoms with Gasteiger partial charge in [0.1, 0.15) is 18.1 Å². The van der Waals surface area contributed by atoms with Gasteiger partial charge in [-0.25, -0.2) is 4.79 Å². The number of ether oxygens (including phenoxy) is 4. The van der Waals surface area contributed by atoms with Gasteiger partial charge in [0.2, 0.25) is 0 Å². The lowest BCUT2D eigenvalue weighted by Gasteiger charge is -2.40. The van der Waals surface area contributed by atoms with E-state index < -0.39 is 5.97 Å². The summed E-state index contributed by atoms with van der Waals surface area (Å²) in [5.41, 5.74) is 0.318. The minimum atomic E-state index is -0.425. The second-order valence-electron chi connectivity index (χ2n) is 6.56. The molecule has 25 heavy (non-hydrogen) atoms. The summed E-state index contributed by atoms with van der Waals surface area (Å²) in [5, 5.41) is 1.98. The molecule has 0 atom stereocenters. The van der Waals surface area contributed by atoms with Crippen LogP contribution in [0.3, 0.4) is 0 Å². The minimum absolute atomic E-state index is 0.0513. The molecule has 0 aliphatic carbocycles. The first kappa shape index (κ1) is 17.5. The molecule has 0 unspecified atom stereocenters. The molecule has 3 rings (SSSR count). The molecule has 0 N–H and O–H groups in total. The first-order valence-electron chi connectivity index (χ1n) is 8.12. The van der Waals surface area contributed by atoms with Gasteiger partial charge < -0.3 is 18.9 Å². The summed E-state index contributed by atoms with van der Waals surface area (Å²) in [6, 6.07) is 11.3. The second kappa shape index (κ2) is 7.25. The third kappa shape index (κ3) is 4.00. The lowest BCUT2D eigenvalue weighted by molar-refractivity contribution is -0.159. The van der Waals surface area contributed by atoms with Crippen LogP contribution in [-0.4, -0.2) is 39.5 Å². The molecule has 1 saturated heterocycles. The molecule has 1 fully saturated rings. The summed E-state index contributed by atoms with van der Waals surface area (Å²) in [7, 11) is 1.69. The standard InChI is InChI=1S/C20H22O5/c1-14(2)19(21)25-18-7-5-15-8-17(6-4-16(15)9-18)24-13-20(10-22-3)11-23-12-20/h4-9H,1,10-13H2,2-3H3. The van der Waals surface area contributed by atoms with Gasteiger partial charge in [0.25, 0.3) is 0 Å². The van der Waals surface area contributed by atoms with Crippen molar-refractivity contribution in [2.75, 3.05) is 33.5 Å². The van der Waals surface area contributed by atoms with E-state index in [-0.39, 0.29) is 5.41 Å². The topological polar surface area (TPSA) is 54.0 Å². The molecule has 2 aromatic carbocycles. The summed E-state index contributed by atoms with van der Waals surface area (Å²) in [4.78, 5) is 11.6. The maximum atomic E-state index is 11.6. The number of methoxy groups -OCH3 is 1. The number of hydrogen-bond acceptors (Lipinski definition) is 5. The Labute approximate surface area is 147 Å². The van der Waals surface area contributed by atoms with E-state index in [0.29, 0.717) is 37.8 Å². The molecule has 5 nitrogen and oxygen atoms in total. The average Bonchev–Trinajstić information content (AvgIpc) is 2.57. The van der Waals surface area contributed by atoms with E-state index in [4.69, 9.17) is 18.9 Å². The van der Waals surface area contributed by atoms with Gasteiger partial charge in [0.15, 0.2) is 0 Å². The van der Waals surface area contributed by atoms with Crippen molar-refractivity contribution in [1.29, 1.82) is 0 Å². The lowest BCUT2D eigenvalue weighted by atomic mass is 9.88. The van der Waals surface area contributed by atoms with Gasteiger partial charge >= 0.3 is 5.97 Å². The number of hydrogen-bond donors (Lipinski definition) is 0. The lowest BCUT2D eigenvalue weighted by Crippen LogP contribution is -2.50. The van der Waals surface area contributed by atoms with Crippen molar-refractivity contribution in [3.8, 4) is 11.5 Å². The number of esters is 1. The maximum absolute atomic E-state index is 11.6. The third-order valence-electron chi connectivity index (χ3n) is 4.15. The Balaban J connectivity index is 1.70. The molecule has 1 heterocycles. The zero-order chi connectivity index (χ0) is 17.9. The summed E-state index contributed by atoms with van der Waals surface area (Å²) >= 11 is 0. The Morgan fingerprint density at radius 3 is 2.32 bits per heavy atom. The van der Waals surface area contributed by atoms with E-state index in [1.165, 1.54) is 0 Å². The van der Waals surface area contributed by atoms with E-state index in [1.807, 2.05) is 30.3 Å². The van der Waals surface area contributed by atoms with Crippen LogP contribution >= 0.6 is 0 Å². The van der Waals surface area contributed by atoms with E-state index in [1.54, 1.807) is 20.1 Å². The maximum Gasteiger partial charge on any atom is 0.338 e. The van der Waals surface area contributed by atoms with Crippen molar-refractivity contribution in [3.05, 3.63) is 48.6 Å². The number of carbonyl (C=O) groups excluding carboxylic acids is 1. The van der Waals surface area contributed by atoms with E-state index in [2.05, 4.69) is 6.58 Å². The van der Waals surface area contributed by atoms with Crippen LogP contribution in [0.5, 0.6) is 11.5 Å². The van der Waals surface area contributed by atoms with Crippen LogP contribution < -0.4 is 9.47 Å². The normalized spacial score (nSPS) is 15.4. The SMILES string of the molecule is C=C(C)C(=O)Oc1ccc2cc(OCC3(COC)COC3)ccc2c1. The highest BCUT2D eigenvalue weighted by atomic mass is 16.5. The number of rotatable bonds is 7. The van der Waals surface area contributed by atoms with Crippen LogP contribution in [0, 0.1) is 5.41 Å². The van der Waals surface area contributed by atoms with Crippen molar-refractivity contribution < 1.29 is 23.7 Å². The fraction of sp³-hybridized carbons (Fsp3) is 0.350. The van der Waals surface area contributed by atoms with Crippen molar-refractivity contribution in [1.82, 2.24) is 0 Å². The summed E-state index contributed by atoms with van der Waals surface area (Å²) in [6.45, 7) is 7.70. The van der Waals surface area contributed by atoms with Gasteiger partial charge in [-0.3, -0.25) is 0 Å². The van der Waals surface area contributed by atoms with Crippen molar-refractivity contribution in [2.24, 2.45) is 5.41 Å². The highest BCUT2D eigenvalue weighted by Crippen LogP contribution is 2.30. The molecule has 1 aliphatic rings. The molecule has 132 valence electrons. The smallest absolute Gasteiger partial charge is 0.338 e. The first-order chi connectivity index (χ1) is 12.0. The van der Waals surface area contributed by atoms with Gasteiger partial charge in [-0.05, 0) is 42.0 Å². The van der Waals surface area contributed by atoms with Crippen LogP contribution in [0.2, 0.25) is 0 Å². The van der Waals surface area contributed by atoms with Gasteiger partial charge in [-0.2, -0.15) is 0 Å². The zero-order valence-corrected chi connectivity index (χ0v) is 14.5.